The van der Waals surface area contributed by atoms with E-state index in [1.54, 1.807) is 0 Å². The maximum Gasteiger partial charge on any atom is 0.193 e. The van der Waals surface area contributed by atoms with Gasteiger partial charge in [0, 0.05) is 33.8 Å². The Hall–Kier alpha value is -1.02. The monoisotopic (exact) mass is 461 g/mol. The Balaban J connectivity index is 0.00000312. The van der Waals surface area contributed by atoms with Crippen LogP contribution in [0.25, 0.3) is 0 Å². The van der Waals surface area contributed by atoms with Gasteiger partial charge in [0.05, 0.1) is 13.2 Å². The van der Waals surface area contributed by atoms with Gasteiger partial charge in [-0.2, -0.15) is 0 Å². The first-order valence-corrected chi connectivity index (χ1v) is 8.94. The zero-order valence-corrected chi connectivity index (χ0v) is 18.0. The Bertz CT molecular complexity index is 521. The largest absolute Gasteiger partial charge is 0.494 e. The number of guanidine groups is 1. The Kier molecular flexibility index (Phi) is 10.9. The molecular weight excluding hydrogens is 429 g/mol. The van der Waals surface area contributed by atoms with Gasteiger partial charge in [-0.15, -0.1) is 24.0 Å². The number of aliphatic imine (C=N–C) groups is 1. The molecule has 1 saturated carbocycles. The number of benzene rings is 1. The Morgan fingerprint density at radius 2 is 2.08 bits per heavy atom. The molecule has 0 bridgehead atoms. The smallest absolute Gasteiger partial charge is 0.193 e. The van der Waals surface area contributed by atoms with Gasteiger partial charge in [-0.25, -0.2) is 0 Å². The summed E-state index contributed by atoms with van der Waals surface area (Å²) < 4.78 is 11.4. The predicted molar refractivity (Wildman–Crippen MR) is 114 cm³/mol. The van der Waals surface area contributed by atoms with Crippen LogP contribution in [0.4, 0.5) is 0 Å². The third-order valence-corrected chi connectivity index (χ3v) is 4.14. The van der Waals surface area contributed by atoms with Gasteiger partial charge < -0.3 is 19.7 Å². The predicted octanol–water partition coefficient (Wildman–Crippen LogP) is 3.18. The number of likely N-dealkylation sites (N-methyl/N-ethyl adjacent to an activating group) is 1. The molecule has 2 rings (SSSR count). The first kappa shape index (κ1) is 22.0. The van der Waals surface area contributed by atoms with Crippen molar-refractivity contribution in [3.63, 3.8) is 0 Å². The maximum atomic E-state index is 5.70. The van der Waals surface area contributed by atoms with Gasteiger partial charge in [0.25, 0.3) is 0 Å². The number of hydrogen-bond donors (Lipinski definition) is 1. The van der Waals surface area contributed by atoms with E-state index in [9.17, 15) is 0 Å². The number of ether oxygens (including phenoxy) is 2. The van der Waals surface area contributed by atoms with E-state index in [0.29, 0.717) is 6.61 Å². The maximum absolute atomic E-state index is 5.70. The standard InChI is InChI=1S/C19H31N3O2.HI/c1-4-24-18-8-6-5-7-17(18)11-12-21-19(20-2)22(3)13-14-23-15-16-9-10-16;/h5-8,16H,4,9-15H2,1-3H3,(H,20,21);1H. The molecule has 1 aliphatic rings. The van der Waals surface area contributed by atoms with Crippen LogP contribution in [0.2, 0.25) is 0 Å². The fourth-order valence-corrected chi connectivity index (χ4v) is 2.54. The summed E-state index contributed by atoms with van der Waals surface area (Å²) in [5.74, 6) is 2.69. The summed E-state index contributed by atoms with van der Waals surface area (Å²) in [7, 11) is 3.86. The van der Waals surface area contributed by atoms with Crippen molar-refractivity contribution in [1.82, 2.24) is 10.2 Å². The second kappa shape index (κ2) is 12.4. The summed E-state index contributed by atoms with van der Waals surface area (Å²) >= 11 is 0. The van der Waals surface area contributed by atoms with Crippen LogP contribution < -0.4 is 10.1 Å². The highest BCUT2D eigenvalue weighted by Gasteiger charge is 2.21. The molecule has 6 heteroatoms. The minimum atomic E-state index is 0. The molecule has 0 spiro atoms. The third-order valence-electron chi connectivity index (χ3n) is 4.14. The van der Waals surface area contributed by atoms with E-state index < -0.39 is 0 Å². The Morgan fingerprint density at radius 1 is 1.32 bits per heavy atom. The van der Waals surface area contributed by atoms with Gasteiger partial charge in [-0.3, -0.25) is 4.99 Å². The van der Waals surface area contributed by atoms with E-state index in [-0.39, 0.29) is 24.0 Å². The van der Waals surface area contributed by atoms with Crippen LogP contribution in [-0.2, 0) is 11.2 Å². The van der Waals surface area contributed by atoms with Crippen LogP contribution >= 0.6 is 24.0 Å². The number of hydrogen-bond acceptors (Lipinski definition) is 3. The summed E-state index contributed by atoms with van der Waals surface area (Å²) in [5, 5.41) is 3.41. The van der Waals surface area contributed by atoms with Crippen molar-refractivity contribution in [3.05, 3.63) is 29.8 Å². The van der Waals surface area contributed by atoms with Gasteiger partial charge >= 0.3 is 0 Å². The van der Waals surface area contributed by atoms with Gasteiger partial charge in [-0.1, -0.05) is 18.2 Å². The Labute approximate surface area is 169 Å². The lowest BCUT2D eigenvalue weighted by Crippen LogP contribution is -2.41. The van der Waals surface area contributed by atoms with E-state index in [0.717, 1.165) is 50.4 Å². The fourth-order valence-electron chi connectivity index (χ4n) is 2.54. The molecule has 5 nitrogen and oxygen atoms in total. The molecule has 0 heterocycles. The summed E-state index contributed by atoms with van der Waals surface area (Å²) in [6.45, 7) is 6.04. The van der Waals surface area contributed by atoms with Gasteiger partial charge in [0.1, 0.15) is 5.75 Å². The number of nitrogens with zero attached hydrogens (tertiary/aromatic N) is 2. The summed E-state index contributed by atoms with van der Waals surface area (Å²) in [6.07, 6.45) is 3.58. The molecule has 0 unspecified atom stereocenters. The minimum Gasteiger partial charge on any atom is -0.494 e. The van der Waals surface area contributed by atoms with Crippen molar-refractivity contribution < 1.29 is 9.47 Å². The van der Waals surface area contributed by atoms with Crippen molar-refractivity contribution in [1.29, 1.82) is 0 Å². The summed E-state index contributed by atoms with van der Waals surface area (Å²) in [5.41, 5.74) is 1.22. The molecule has 1 aliphatic carbocycles. The first-order chi connectivity index (χ1) is 11.7. The normalized spacial score (nSPS) is 14.0. The minimum absolute atomic E-state index is 0. The third kappa shape index (κ3) is 8.27. The highest BCUT2D eigenvalue weighted by Crippen LogP contribution is 2.28. The van der Waals surface area contributed by atoms with Crippen LogP contribution in [0.5, 0.6) is 5.75 Å². The van der Waals surface area contributed by atoms with Crippen LogP contribution in [0.15, 0.2) is 29.3 Å². The van der Waals surface area contributed by atoms with Crippen molar-refractivity contribution >= 4 is 29.9 Å². The molecule has 0 atom stereocenters. The molecule has 1 aromatic rings. The molecule has 0 aliphatic heterocycles. The molecule has 1 N–H and O–H groups in total. The average Bonchev–Trinajstić information content (AvgIpc) is 3.41. The zero-order chi connectivity index (χ0) is 17.2. The first-order valence-electron chi connectivity index (χ1n) is 8.94. The van der Waals surface area contributed by atoms with Gasteiger partial charge in [0.2, 0.25) is 0 Å². The lowest BCUT2D eigenvalue weighted by Gasteiger charge is -2.22. The average molecular weight is 461 g/mol. The van der Waals surface area contributed by atoms with Crippen LogP contribution in [0.3, 0.4) is 0 Å². The van der Waals surface area contributed by atoms with E-state index in [2.05, 4.69) is 27.3 Å². The number of halogens is 1. The molecule has 0 aromatic heterocycles. The lowest BCUT2D eigenvalue weighted by molar-refractivity contribution is 0.115. The van der Waals surface area contributed by atoms with Crippen LogP contribution in [0, 0.1) is 5.92 Å². The molecule has 0 saturated heterocycles. The van der Waals surface area contributed by atoms with Crippen molar-refractivity contribution in [2.45, 2.75) is 26.2 Å². The van der Waals surface area contributed by atoms with Gasteiger partial charge in [0.15, 0.2) is 5.96 Å². The second-order valence-electron chi connectivity index (χ2n) is 6.20. The summed E-state index contributed by atoms with van der Waals surface area (Å²) in [4.78, 5) is 6.46. The highest BCUT2D eigenvalue weighted by atomic mass is 127. The highest BCUT2D eigenvalue weighted by molar-refractivity contribution is 14.0. The lowest BCUT2D eigenvalue weighted by atomic mass is 10.1. The Morgan fingerprint density at radius 3 is 2.76 bits per heavy atom. The molecule has 0 amide bonds. The molecule has 142 valence electrons. The van der Waals surface area contributed by atoms with Crippen molar-refractivity contribution in [3.8, 4) is 5.75 Å². The number of rotatable bonds is 10. The molecule has 1 fully saturated rings. The number of nitrogens with one attached hydrogen (secondary N) is 1. The van der Waals surface area contributed by atoms with Crippen molar-refractivity contribution in [2.75, 3.05) is 47.0 Å². The quantitative estimate of drug-likeness (QED) is 0.252. The topological polar surface area (TPSA) is 46.1 Å². The van der Waals surface area contributed by atoms with Crippen molar-refractivity contribution in [2.24, 2.45) is 10.9 Å². The SMILES string of the molecule is CCOc1ccccc1CCNC(=NC)N(C)CCOCC1CC1.I. The fraction of sp³-hybridized carbons (Fsp3) is 0.632. The molecule has 0 radical (unpaired) electrons. The molecule has 25 heavy (non-hydrogen) atoms. The van der Waals surface area contributed by atoms with E-state index in [1.165, 1.54) is 18.4 Å². The van der Waals surface area contributed by atoms with Gasteiger partial charge in [-0.05, 0) is 43.7 Å². The van der Waals surface area contributed by atoms with Crippen LogP contribution in [-0.4, -0.2) is 57.9 Å². The van der Waals surface area contributed by atoms with Crippen LogP contribution in [0.1, 0.15) is 25.3 Å². The van der Waals surface area contributed by atoms with E-state index in [4.69, 9.17) is 9.47 Å². The summed E-state index contributed by atoms with van der Waals surface area (Å²) in [6, 6.07) is 8.20. The zero-order valence-electron chi connectivity index (χ0n) is 15.7. The van der Waals surface area contributed by atoms with E-state index >= 15 is 0 Å². The number of para-hydroxylation sites is 1. The second-order valence-corrected chi connectivity index (χ2v) is 6.20. The molecular formula is C19H32IN3O2. The molecule has 1 aromatic carbocycles. The van der Waals surface area contributed by atoms with E-state index in [1.807, 2.05) is 33.2 Å².